The van der Waals surface area contributed by atoms with E-state index in [9.17, 15) is 0 Å². The maximum atomic E-state index is 3.78. The molecule has 0 saturated heterocycles. The van der Waals surface area contributed by atoms with Crippen LogP contribution < -0.4 is 10.2 Å². The van der Waals surface area contributed by atoms with Gasteiger partial charge in [-0.05, 0) is 107 Å². The van der Waals surface area contributed by atoms with Gasteiger partial charge in [0.1, 0.15) is 0 Å². The van der Waals surface area contributed by atoms with Crippen molar-refractivity contribution in [2.75, 3.05) is 23.3 Å². The number of rotatable bonds is 13. The molecule has 0 aromatic heterocycles. The van der Waals surface area contributed by atoms with Crippen molar-refractivity contribution in [3.8, 4) is 0 Å². The van der Waals surface area contributed by atoms with Crippen molar-refractivity contribution in [2.45, 2.75) is 97.8 Å². The van der Waals surface area contributed by atoms with Gasteiger partial charge in [0.05, 0.1) is 0 Å². The topological polar surface area (TPSA) is 15.3 Å². The molecule has 1 aliphatic carbocycles. The van der Waals surface area contributed by atoms with E-state index in [0.717, 1.165) is 32.4 Å². The zero-order valence-electron chi connectivity index (χ0n) is 29.0. The molecule has 2 aliphatic rings. The van der Waals surface area contributed by atoms with E-state index >= 15 is 0 Å². The Balaban J connectivity index is 1.18. The summed E-state index contributed by atoms with van der Waals surface area (Å²) in [5.41, 5.74) is 10.4. The van der Waals surface area contributed by atoms with E-state index in [1.54, 1.807) is 11.1 Å². The van der Waals surface area contributed by atoms with Crippen LogP contribution in [0.1, 0.15) is 97.1 Å². The van der Waals surface area contributed by atoms with Gasteiger partial charge in [0.15, 0.2) is 0 Å². The van der Waals surface area contributed by atoms with Gasteiger partial charge < -0.3 is 10.2 Å². The molecule has 0 radical (unpaired) electrons. The average Bonchev–Trinajstić information content (AvgIpc) is 3.61. The molecule has 6 rings (SSSR count). The molecule has 1 unspecified atom stereocenters. The summed E-state index contributed by atoms with van der Waals surface area (Å²) >= 11 is 0. The van der Waals surface area contributed by atoms with Crippen LogP contribution in [0, 0.1) is 5.92 Å². The molecule has 240 valence electrons. The summed E-state index contributed by atoms with van der Waals surface area (Å²) < 4.78 is 0. The van der Waals surface area contributed by atoms with Crippen LogP contribution in [0.2, 0.25) is 0 Å². The number of hydrogen-bond acceptors (Lipinski definition) is 2. The minimum Gasteiger partial charge on any atom is -0.385 e. The SMILES string of the molecule is CCCCNc1ccc2ccccc2c1C(C)(C)C/C=C/C1=C(C)C(C/C=C2\Cc3c(ccc4ccccc34)N2CCCC)CC1. The van der Waals surface area contributed by atoms with Crippen LogP contribution in [0.5, 0.6) is 0 Å². The molecule has 2 nitrogen and oxygen atoms in total. The van der Waals surface area contributed by atoms with Crippen molar-refractivity contribution in [2.24, 2.45) is 5.92 Å². The highest BCUT2D eigenvalue weighted by molar-refractivity contribution is 5.93. The lowest BCUT2D eigenvalue weighted by molar-refractivity contribution is 0.540. The van der Waals surface area contributed by atoms with E-state index in [0.29, 0.717) is 5.92 Å². The molecule has 4 aromatic carbocycles. The number of anilines is 2. The Bertz CT molecular complexity index is 1770. The lowest BCUT2D eigenvalue weighted by Gasteiger charge is -2.29. The molecule has 0 amide bonds. The Morgan fingerprint density at radius 3 is 2.37 bits per heavy atom. The standard InChI is InChI=1S/C44H54N2/c1-6-8-29-45-41-26-23-36-16-11-13-19-39(36)43(41)44(4,5)28-14-17-33-20-21-34(32(33)3)22-25-37-31-40-38-18-12-10-15-35(38)24-27-42(40)46(37)30-9-7-2/h10-19,23-27,34,45H,6-9,20-22,28-31H2,1-5H3/b17-14+,37-25+. The average molecular weight is 611 g/mol. The van der Waals surface area contributed by atoms with Crippen LogP contribution in [0.4, 0.5) is 11.4 Å². The highest BCUT2D eigenvalue weighted by atomic mass is 15.2. The lowest BCUT2D eigenvalue weighted by atomic mass is 9.77. The van der Waals surface area contributed by atoms with Crippen molar-refractivity contribution in [1.82, 2.24) is 0 Å². The third-order valence-electron chi connectivity index (χ3n) is 10.7. The molecule has 0 fully saturated rings. The van der Waals surface area contributed by atoms with Gasteiger partial charge in [-0.3, -0.25) is 0 Å². The Morgan fingerprint density at radius 1 is 0.870 bits per heavy atom. The fourth-order valence-electron chi connectivity index (χ4n) is 7.90. The van der Waals surface area contributed by atoms with Crippen LogP contribution in [0.25, 0.3) is 21.5 Å². The number of hydrogen-bond donors (Lipinski definition) is 1. The molecule has 0 bridgehead atoms. The first-order valence-electron chi connectivity index (χ1n) is 18.0. The van der Waals surface area contributed by atoms with Gasteiger partial charge in [-0.1, -0.05) is 125 Å². The number of fused-ring (bicyclic) bond motifs is 4. The molecule has 1 N–H and O–H groups in total. The van der Waals surface area contributed by atoms with Gasteiger partial charge in [-0.25, -0.2) is 0 Å². The van der Waals surface area contributed by atoms with Gasteiger partial charge in [-0.2, -0.15) is 0 Å². The number of allylic oxidation sites excluding steroid dienone is 6. The van der Waals surface area contributed by atoms with E-state index in [1.165, 1.54) is 88.3 Å². The van der Waals surface area contributed by atoms with E-state index in [4.69, 9.17) is 0 Å². The van der Waals surface area contributed by atoms with Crippen LogP contribution in [0.15, 0.2) is 108 Å². The summed E-state index contributed by atoms with van der Waals surface area (Å²) in [5.74, 6) is 0.640. The van der Waals surface area contributed by atoms with Crippen molar-refractivity contribution in [1.29, 1.82) is 0 Å². The Kier molecular flexibility index (Phi) is 10.0. The Hall–Kier alpha value is -3.78. The van der Waals surface area contributed by atoms with Gasteiger partial charge in [0.2, 0.25) is 0 Å². The zero-order chi connectivity index (χ0) is 32.1. The van der Waals surface area contributed by atoms with Crippen molar-refractivity contribution >= 4 is 32.9 Å². The second kappa shape index (κ2) is 14.3. The molecule has 4 aromatic rings. The molecule has 1 aliphatic heterocycles. The predicted molar refractivity (Wildman–Crippen MR) is 202 cm³/mol. The molecule has 46 heavy (non-hydrogen) atoms. The van der Waals surface area contributed by atoms with Crippen molar-refractivity contribution in [3.63, 3.8) is 0 Å². The second-order valence-electron chi connectivity index (χ2n) is 14.3. The number of nitrogens with one attached hydrogen (secondary N) is 1. The van der Waals surface area contributed by atoms with Gasteiger partial charge in [-0.15, -0.1) is 0 Å². The molecule has 0 saturated carbocycles. The fourth-order valence-corrected chi connectivity index (χ4v) is 7.90. The summed E-state index contributed by atoms with van der Waals surface area (Å²) in [5, 5.41) is 9.26. The summed E-state index contributed by atoms with van der Waals surface area (Å²) in [6.07, 6.45) is 18.0. The maximum absolute atomic E-state index is 3.78. The molecule has 1 atom stereocenters. The summed E-state index contributed by atoms with van der Waals surface area (Å²) in [4.78, 5) is 2.63. The third-order valence-corrected chi connectivity index (χ3v) is 10.7. The summed E-state index contributed by atoms with van der Waals surface area (Å²) in [6.45, 7) is 13.9. The van der Waals surface area contributed by atoms with E-state index < -0.39 is 0 Å². The van der Waals surface area contributed by atoms with Gasteiger partial charge in [0.25, 0.3) is 0 Å². The van der Waals surface area contributed by atoms with Crippen molar-refractivity contribution < 1.29 is 0 Å². The first-order chi connectivity index (χ1) is 22.4. The predicted octanol–water partition coefficient (Wildman–Crippen LogP) is 12.3. The van der Waals surface area contributed by atoms with Crippen LogP contribution >= 0.6 is 0 Å². The zero-order valence-corrected chi connectivity index (χ0v) is 29.0. The van der Waals surface area contributed by atoms with Crippen LogP contribution in [-0.2, 0) is 11.8 Å². The normalized spacial score (nSPS) is 17.7. The minimum absolute atomic E-state index is 0.0202. The number of unbranched alkanes of at least 4 members (excludes halogenated alkanes) is 2. The first-order valence-corrected chi connectivity index (χ1v) is 18.0. The van der Waals surface area contributed by atoms with Crippen molar-refractivity contribution in [3.05, 3.63) is 119 Å². The smallest absolute Gasteiger partial charge is 0.0451 e. The van der Waals surface area contributed by atoms with Gasteiger partial charge >= 0.3 is 0 Å². The largest absolute Gasteiger partial charge is 0.385 e. The second-order valence-corrected chi connectivity index (χ2v) is 14.3. The molecular weight excluding hydrogens is 556 g/mol. The van der Waals surface area contributed by atoms with E-state index in [2.05, 4.69) is 136 Å². The molecule has 1 heterocycles. The maximum Gasteiger partial charge on any atom is 0.0451 e. The number of benzene rings is 4. The van der Waals surface area contributed by atoms with E-state index in [-0.39, 0.29) is 5.41 Å². The van der Waals surface area contributed by atoms with E-state index in [1.807, 2.05) is 0 Å². The Morgan fingerprint density at radius 2 is 1.59 bits per heavy atom. The third kappa shape index (κ3) is 6.68. The molecule has 0 spiro atoms. The summed E-state index contributed by atoms with van der Waals surface area (Å²) in [6, 6.07) is 27.0. The number of nitrogens with zero attached hydrogens (tertiary/aromatic N) is 1. The minimum atomic E-state index is 0.0202. The monoisotopic (exact) mass is 610 g/mol. The molecular formula is C44H54N2. The highest BCUT2D eigenvalue weighted by Crippen LogP contribution is 2.42. The molecule has 2 heteroatoms. The Labute approximate surface area is 278 Å². The van der Waals surface area contributed by atoms with Crippen LogP contribution in [-0.4, -0.2) is 13.1 Å². The van der Waals surface area contributed by atoms with Crippen LogP contribution in [0.3, 0.4) is 0 Å². The fraction of sp³-hybridized carbons (Fsp3) is 0.409. The lowest BCUT2D eigenvalue weighted by Crippen LogP contribution is -2.20. The summed E-state index contributed by atoms with van der Waals surface area (Å²) in [7, 11) is 0. The highest BCUT2D eigenvalue weighted by Gasteiger charge is 2.28. The quantitative estimate of drug-likeness (QED) is 0.152. The first kappa shape index (κ1) is 32.2. The van der Waals surface area contributed by atoms with Gasteiger partial charge in [0, 0.05) is 36.6 Å².